The summed E-state index contributed by atoms with van der Waals surface area (Å²) in [4.78, 5) is 11.2. The van der Waals surface area contributed by atoms with Gasteiger partial charge in [0.1, 0.15) is 5.58 Å². The van der Waals surface area contributed by atoms with Gasteiger partial charge in [0.05, 0.1) is 12.2 Å². The molecule has 1 heterocycles. The number of carbonyl (C=O) groups is 1. The van der Waals surface area contributed by atoms with Crippen LogP contribution in [0.15, 0.2) is 34.9 Å². The minimum absolute atomic E-state index is 0.110. The molecule has 0 bridgehead atoms. The number of carboxylic acids is 1. The molecule has 2 atom stereocenters. The number of benzene rings is 1. The van der Waals surface area contributed by atoms with Crippen molar-refractivity contribution in [1.29, 1.82) is 0 Å². The highest BCUT2D eigenvalue weighted by atomic mass is 16.4. The predicted molar refractivity (Wildman–Crippen MR) is 63.9 cm³/mol. The van der Waals surface area contributed by atoms with Crippen molar-refractivity contribution < 1.29 is 14.3 Å². The first-order valence-electron chi connectivity index (χ1n) is 5.72. The highest BCUT2D eigenvalue weighted by molar-refractivity contribution is 5.81. The summed E-state index contributed by atoms with van der Waals surface area (Å²) in [6.07, 6.45) is 1.65. The zero-order valence-corrected chi connectivity index (χ0v) is 9.81. The van der Waals surface area contributed by atoms with Crippen LogP contribution in [0, 0.1) is 11.3 Å². The van der Waals surface area contributed by atoms with Crippen molar-refractivity contribution in [2.75, 3.05) is 0 Å². The smallest absolute Gasteiger partial charge is 0.307 e. The van der Waals surface area contributed by atoms with Crippen molar-refractivity contribution in [3.63, 3.8) is 0 Å². The van der Waals surface area contributed by atoms with Gasteiger partial charge in [-0.2, -0.15) is 0 Å². The minimum atomic E-state index is -0.702. The summed E-state index contributed by atoms with van der Waals surface area (Å²) in [7, 11) is 0. The Balaban J connectivity index is 2.02. The van der Waals surface area contributed by atoms with Crippen molar-refractivity contribution in [3.8, 4) is 0 Å². The van der Waals surface area contributed by atoms with Crippen LogP contribution in [-0.2, 0) is 4.79 Å². The van der Waals surface area contributed by atoms with Gasteiger partial charge in [0, 0.05) is 11.3 Å². The van der Waals surface area contributed by atoms with Gasteiger partial charge < -0.3 is 9.52 Å². The lowest BCUT2D eigenvalue weighted by Crippen LogP contribution is -2.03. The van der Waals surface area contributed by atoms with Gasteiger partial charge in [-0.25, -0.2) is 0 Å². The Morgan fingerprint density at radius 3 is 2.76 bits per heavy atom. The highest BCUT2D eigenvalue weighted by Crippen LogP contribution is 2.64. The molecule has 1 aromatic carbocycles. The van der Waals surface area contributed by atoms with E-state index in [1.54, 1.807) is 6.26 Å². The molecular formula is C14H14O3. The average Bonchev–Trinajstić information content (AvgIpc) is 2.66. The summed E-state index contributed by atoms with van der Waals surface area (Å²) in [6, 6.07) is 7.83. The molecule has 1 aliphatic rings. The molecule has 3 rings (SSSR count). The number of furan rings is 1. The summed E-state index contributed by atoms with van der Waals surface area (Å²) in [5.74, 6) is -0.863. The summed E-state index contributed by atoms with van der Waals surface area (Å²) in [5.41, 5.74) is 1.79. The third-order valence-electron chi connectivity index (χ3n) is 3.93. The van der Waals surface area contributed by atoms with Gasteiger partial charge in [-0.1, -0.05) is 19.9 Å². The second kappa shape index (κ2) is 3.13. The number of carboxylic acid groups (broad SMARTS) is 1. The first-order valence-corrected chi connectivity index (χ1v) is 5.72. The Hall–Kier alpha value is -1.77. The summed E-state index contributed by atoms with van der Waals surface area (Å²) < 4.78 is 5.28. The quantitative estimate of drug-likeness (QED) is 0.861. The van der Waals surface area contributed by atoms with Crippen LogP contribution in [0.25, 0.3) is 11.0 Å². The van der Waals surface area contributed by atoms with Gasteiger partial charge in [-0.05, 0) is 29.2 Å². The first kappa shape index (κ1) is 10.4. The number of hydrogen-bond acceptors (Lipinski definition) is 2. The highest BCUT2D eigenvalue weighted by Gasteiger charge is 2.62. The van der Waals surface area contributed by atoms with Crippen molar-refractivity contribution in [3.05, 3.63) is 36.1 Å². The largest absolute Gasteiger partial charge is 0.481 e. The molecule has 1 N–H and O–H groups in total. The molecule has 88 valence electrons. The van der Waals surface area contributed by atoms with E-state index in [9.17, 15) is 9.90 Å². The molecule has 2 aromatic rings. The van der Waals surface area contributed by atoms with E-state index in [2.05, 4.69) is 0 Å². The summed E-state index contributed by atoms with van der Waals surface area (Å²) in [5, 5.41) is 10.2. The molecule has 1 aliphatic carbocycles. The number of rotatable bonds is 2. The van der Waals surface area contributed by atoms with E-state index in [0.29, 0.717) is 0 Å². The van der Waals surface area contributed by atoms with Crippen LogP contribution in [0.2, 0.25) is 0 Å². The summed E-state index contributed by atoms with van der Waals surface area (Å²) >= 11 is 0. The normalized spacial score (nSPS) is 26.0. The number of aliphatic carboxylic acids is 1. The number of hydrogen-bond donors (Lipinski definition) is 1. The van der Waals surface area contributed by atoms with Crippen LogP contribution < -0.4 is 0 Å². The molecule has 17 heavy (non-hydrogen) atoms. The maximum atomic E-state index is 11.2. The zero-order chi connectivity index (χ0) is 12.2. The Morgan fingerprint density at radius 1 is 1.35 bits per heavy atom. The molecule has 2 unspecified atom stereocenters. The van der Waals surface area contributed by atoms with Crippen molar-refractivity contribution in [2.24, 2.45) is 11.3 Å². The number of fused-ring (bicyclic) bond motifs is 1. The molecule has 0 spiro atoms. The maximum Gasteiger partial charge on any atom is 0.307 e. The van der Waals surface area contributed by atoms with Crippen LogP contribution in [0.5, 0.6) is 0 Å². The van der Waals surface area contributed by atoms with E-state index >= 15 is 0 Å². The first-order chi connectivity index (χ1) is 8.01. The SMILES string of the molecule is CC1(C)C(C(=O)O)C1c1ccc2occc2c1. The van der Waals surface area contributed by atoms with Gasteiger partial charge >= 0.3 is 5.97 Å². The fourth-order valence-electron chi connectivity index (χ4n) is 2.90. The van der Waals surface area contributed by atoms with Gasteiger partial charge in [-0.3, -0.25) is 4.79 Å². The maximum absolute atomic E-state index is 11.2. The van der Waals surface area contributed by atoms with Crippen LogP contribution >= 0.6 is 0 Å². The lowest BCUT2D eigenvalue weighted by molar-refractivity contribution is -0.139. The summed E-state index contributed by atoms with van der Waals surface area (Å²) in [6.45, 7) is 4.02. The van der Waals surface area contributed by atoms with Crippen LogP contribution in [0.3, 0.4) is 0 Å². The molecule has 0 radical (unpaired) electrons. The Labute approximate surface area is 99.0 Å². The third-order valence-corrected chi connectivity index (χ3v) is 3.93. The van der Waals surface area contributed by atoms with E-state index in [0.717, 1.165) is 16.5 Å². The average molecular weight is 230 g/mol. The molecule has 1 saturated carbocycles. The molecule has 1 fully saturated rings. The monoisotopic (exact) mass is 230 g/mol. The van der Waals surface area contributed by atoms with E-state index < -0.39 is 5.97 Å². The fourth-order valence-corrected chi connectivity index (χ4v) is 2.90. The lowest BCUT2D eigenvalue weighted by atomic mass is 10.0. The van der Waals surface area contributed by atoms with E-state index in [4.69, 9.17) is 4.42 Å². The molecular weight excluding hydrogens is 216 g/mol. The molecule has 0 aliphatic heterocycles. The molecule has 0 amide bonds. The van der Waals surface area contributed by atoms with E-state index in [1.165, 1.54) is 0 Å². The molecule has 0 saturated heterocycles. The zero-order valence-electron chi connectivity index (χ0n) is 9.81. The van der Waals surface area contributed by atoms with E-state index in [-0.39, 0.29) is 17.3 Å². The van der Waals surface area contributed by atoms with Crippen molar-refractivity contribution >= 4 is 16.9 Å². The Morgan fingerprint density at radius 2 is 2.12 bits per heavy atom. The van der Waals surface area contributed by atoms with Crippen LogP contribution in [-0.4, -0.2) is 11.1 Å². The molecule has 1 aromatic heterocycles. The molecule has 3 heteroatoms. The fraction of sp³-hybridized carbons (Fsp3) is 0.357. The second-order valence-corrected chi connectivity index (χ2v) is 5.33. The van der Waals surface area contributed by atoms with Crippen molar-refractivity contribution in [1.82, 2.24) is 0 Å². The topological polar surface area (TPSA) is 50.4 Å². The predicted octanol–water partition coefficient (Wildman–Crippen LogP) is 3.26. The van der Waals surface area contributed by atoms with Gasteiger partial charge in [0.2, 0.25) is 0 Å². The minimum Gasteiger partial charge on any atom is -0.481 e. The standard InChI is InChI=1S/C14H14O3/c1-14(2)11(12(14)13(15)16)9-3-4-10-8(7-9)5-6-17-10/h3-7,11-12H,1-2H3,(H,15,16). The van der Waals surface area contributed by atoms with Gasteiger partial charge in [-0.15, -0.1) is 0 Å². The van der Waals surface area contributed by atoms with Crippen LogP contribution in [0.1, 0.15) is 25.3 Å². The Kier molecular flexibility index (Phi) is 1.91. The molecule has 3 nitrogen and oxygen atoms in total. The van der Waals surface area contributed by atoms with Gasteiger partial charge in [0.25, 0.3) is 0 Å². The van der Waals surface area contributed by atoms with Crippen LogP contribution in [0.4, 0.5) is 0 Å². The Bertz CT molecular complexity index is 594. The van der Waals surface area contributed by atoms with Crippen molar-refractivity contribution in [2.45, 2.75) is 19.8 Å². The third kappa shape index (κ3) is 1.38. The lowest BCUT2D eigenvalue weighted by Gasteiger charge is -2.02. The second-order valence-electron chi connectivity index (χ2n) is 5.33. The van der Waals surface area contributed by atoms with E-state index in [1.807, 2.05) is 38.1 Å². The van der Waals surface area contributed by atoms with Gasteiger partial charge in [0.15, 0.2) is 0 Å².